The van der Waals surface area contributed by atoms with Gasteiger partial charge in [-0.25, -0.2) is 4.98 Å². The van der Waals surface area contributed by atoms with Crippen molar-refractivity contribution in [2.24, 2.45) is 0 Å². The number of hydrogen-bond donors (Lipinski definition) is 1. The maximum atomic E-state index is 12.2. The average molecular weight is 333 g/mol. The predicted octanol–water partition coefficient (Wildman–Crippen LogP) is 4.02. The van der Waals surface area contributed by atoms with Crippen LogP contribution in [0.25, 0.3) is 0 Å². The Labute approximate surface area is 139 Å². The van der Waals surface area contributed by atoms with Crippen LogP contribution in [0.3, 0.4) is 0 Å². The molecule has 1 amide bonds. The molecule has 1 atom stereocenters. The molecule has 114 valence electrons. The van der Waals surface area contributed by atoms with E-state index in [-0.39, 0.29) is 11.9 Å². The topological polar surface area (TPSA) is 42.0 Å². The molecule has 1 aliphatic carbocycles. The normalized spacial score (nSPS) is 16.9. The number of halogens is 1. The molecular formula is C17H17ClN2OS. The molecule has 22 heavy (non-hydrogen) atoms. The van der Waals surface area contributed by atoms with Crippen molar-refractivity contribution in [2.45, 2.75) is 30.3 Å². The lowest BCUT2D eigenvalue weighted by Gasteiger charge is -2.26. The van der Waals surface area contributed by atoms with Gasteiger partial charge in [-0.05, 0) is 42.5 Å². The number of aryl methyl sites for hydroxylation is 1. The summed E-state index contributed by atoms with van der Waals surface area (Å²) in [4.78, 5) is 16.4. The third kappa shape index (κ3) is 3.62. The van der Waals surface area contributed by atoms with Crippen molar-refractivity contribution < 1.29 is 4.79 Å². The fourth-order valence-corrected chi connectivity index (χ4v) is 3.73. The molecule has 1 heterocycles. The van der Waals surface area contributed by atoms with Crippen molar-refractivity contribution in [3.63, 3.8) is 0 Å². The summed E-state index contributed by atoms with van der Waals surface area (Å²) in [5.74, 6) is 0.350. The third-order valence-corrected chi connectivity index (χ3v) is 5.19. The molecular weight excluding hydrogens is 316 g/mol. The fourth-order valence-electron chi connectivity index (χ4n) is 2.75. The Morgan fingerprint density at radius 2 is 2.18 bits per heavy atom. The summed E-state index contributed by atoms with van der Waals surface area (Å²) in [5, 5.41) is 4.42. The number of pyridine rings is 1. The van der Waals surface area contributed by atoms with Crippen LogP contribution in [0.4, 0.5) is 0 Å². The first-order valence-electron chi connectivity index (χ1n) is 7.34. The Morgan fingerprint density at radius 3 is 3.05 bits per heavy atom. The highest BCUT2D eigenvalue weighted by Gasteiger charge is 2.21. The van der Waals surface area contributed by atoms with Crippen LogP contribution in [-0.2, 0) is 11.2 Å². The van der Waals surface area contributed by atoms with Crippen molar-refractivity contribution in [1.29, 1.82) is 0 Å². The summed E-state index contributed by atoms with van der Waals surface area (Å²) in [7, 11) is 0. The van der Waals surface area contributed by atoms with Crippen LogP contribution in [0.5, 0.6) is 0 Å². The summed E-state index contributed by atoms with van der Waals surface area (Å²) in [6, 6.07) is 12.0. The van der Waals surface area contributed by atoms with Crippen molar-refractivity contribution in [1.82, 2.24) is 10.3 Å². The van der Waals surface area contributed by atoms with E-state index in [0.29, 0.717) is 15.8 Å². The zero-order valence-electron chi connectivity index (χ0n) is 12.1. The van der Waals surface area contributed by atoms with E-state index in [1.165, 1.54) is 22.9 Å². The van der Waals surface area contributed by atoms with Gasteiger partial charge in [0.2, 0.25) is 5.91 Å². The average Bonchev–Trinajstić information content (AvgIpc) is 2.54. The van der Waals surface area contributed by atoms with Crippen molar-refractivity contribution in [2.75, 3.05) is 5.75 Å². The number of aromatic nitrogens is 1. The summed E-state index contributed by atoms with van der Waals surface area (Å²) in [6.45, 7) is 0. The minimum absolute atomic E-state index is 0.0217. The molecule has 1 aliphatic rings. The molecule has 3 nitrogen and oxygen atoms in total. The van der Waals surface area contributed by atoms with Gasteiger partial charge in [0.1, 0.15) is 5.03 Å². The van der Waals surface area contributed by atoms with E-state index in [4.69, 9.17) is 11.6 Å². The fraction of sp³-hybridized carbons (Fsp3) is 0.294. The SMILES string of the molecule is O=C(CSc1ncccc1Cl)NC1CCCc2ccccc21. The maximum Gasteiger partial charge on any atom is 0.230 e. The number of hydrogen-bond acceptors (Lipinski definition) is 3. The first kappa shape index (κ1) is 15.4. The highest BCUT2D eigenvalue weighted by atomic mass is 35.5. The largest absolute Gasteiger partial charge is 0.349 e. The predicted molar refractivity (Wildman–Crippen MR) is 90.2 cm³/mol. The van der Waals surface area contributed by atoms with E-state index < -0.39 is 0 Å². The van der Waals surface area contributed by atoms with Crippen molar-refractivity contribution >= 4 is 29.3 Å². The van der Waals surface area contributed by atoms with Crippen LogP contribution in [-0.4, -0.2) is 16.6 Å². The number of carbonyl (C=O) groups is 1. The molecule has 1 aromatic heterocycles. The quantitative estimate of drug-likeness (QED) is 0.860. The molecule has 1 aromatic carbocycles. The Hall–Kier alpha value is -1.52. The highest BCUT2D eigenvalue weighted by molar-refractivity contribution is 8.00. The molecule has 0 bridgehead atoms. The van der Waals surface area contributed by atoms with Crippen LogP contribution in [0.1, 0.15) is 30.0 Å². The first-order chi connectivity index (χ1) is 10.7. The van der Waals surface area contributed by atoms with E-state index in [0.717, 1.165) is 19.3 Å². The number of nitrogens with one attached hydrogen (secondary N) is 1. The Morgan fingerprint density at radius 1 is 1.32 bits per heavy atom. The summed E-state index contributed by atoms with van der Waals surface area (Å²) < 4.78 is 0. The third-order valence-electron chi connectivity index (χ3n) is 3.77. The van der Waals surface area contributed by atoms with Crippen molar-refractivity contribution in [3.8, 4) is 0 Å². The van der Waals surface area contributed by atoms with Gasteiger partial charge in [0.15, 0.2) is 0 Å². The number of rotatable bonds is 4. The van der Waals surface area contributed by atoms with Crippen LogP contribution in [0, 0.1) is 0 Å². The smallest absolute Gasteiger partial charge is 0.230 e. The molecule has 0 radical (unpaired) electrons. The monoisotopic (exact) mass is 332 g/mol. The molecule has 0 fully saturated rings. The maximum absolute atomic E-state index is 12.2. The summed E-state index contributed by atoms with van der Waals surface area (Å²) in [5.41, 5.74) is 2.60. The molecule has 1 N–H and O–H groups in total. The lowest BCUT2D eigenvalue weighted by molar-refractivity contribution is -0.119. The summed E-state index contributed by atoms with van der Waals surface area (Å²) in [6.07, 6.45) is 4.89. The van der Waals surface area contributed by atoms with Gasteiger partial charge in [0.05, 0.1) is 16.8 Å². The van der Waals surface area contributed by atoms with Crippen LogP contribution in [0.15, 0.2) is 47.6 Å². The van der Waals surface area contributed by atoms with Gasteiger partial charge in [-0.15, -0.1) is 0 Å². The molecule has 5 heteroatoms. The lowest BCUT2D eigenvalue weighted by Crippen LogP contribution is -2.32. The molecule has 0 spiro atoms. The lowest BCUT2D eigenvalue weighted by atomic mass is 9.88. The van der Waals surface area contributed by atoms with Gasteiger partial charge >= 0.3 is 0 Å². The van der Waals surface area contributed by atoms with Crippen LogP contribution >= 0.6 is 23.4 Å². The van der Waals surface area contributed by atoms with Crippen LogP contribution in [0.2, 0.25) is 5.02 Å². The minimum Gasteiger partial charge on any atom is -0.349 e. The molecule has 2 aromatic rings. The zero-order chi connectivity index (χ0) is 15.4. The van der Waals surface area contributed by atoms with E-state index in [9.17, 15) is 4.79 Å². The first-order valence-corrected chi connectivity index (χ1v) is 8.71. The second kappa shape index (κ2) is 7.16. The Kier molecular flexibility index (Phi) is 5.01. The Bertz CT molecular complexity index is 677. The van der Waals surface area contributed by atoms with Gasteiger partial charge in [0.25, 0.3) is 0 Å². The van der Waals surface area contributed by atoms with Crippen molar-refractivity contribution in [3.05, 3.63) is 58.7 Å². The van der Waals surface area contributed by atoms with Gasteiger partial charge < -0.3 is 5.32 Å². The molecule has 0 saturated carbocycles. The van der Waals surface area contributed by atoms with Gasteiger partial charge in [-0.2, -0.15) is 0 Å². The number of nitrogens with zero attached hydrogens (tertiary/aromatic N) is 1. The van der Waals surface area contributed by atoms with Crippen LogP contribution < -0.4 is 5.32 Å². The van der Waals surface area contributed by atoms with E-state index >= 15 is 0 Å². The number of carbonyl (C=O) groups excluding carboxylic acids is 1. The van der Waals surface area contributed by atoms with Gasteiger partial charge in [-0.1, -0.05) is 47.6 Å². The highest BCUT2D eigenvalue weighted by Crippen LogP contribution is 2.30. The molecule has 0 saturated heterocycles. The van der Waals surface area contributed by atoms with Gasteiger partial charge in [-0.3, -0.25) is 4.79 Å². The Balaban J connectivity index is 1.60. The molecule has 0 aliphatic heterocycles. The molecule has 1 unspecified atom stereocenters. The standard InChI is InChI=1S/C17H17ClN2OS/c18-14-8-4-10-19-17(14)22-11-16(21)20-15-9-3-6-12-5-1-2-7-13(12)15/h1-2,4-5,7-8,10,15H,3,6,9,11H2,(H,20,21). The molecule has 3 rings (SSSR count). The zero-order valence-corrected chi connectivity index (χ0v) is 13.7. The second-order valence-corrected chi connectivity index (χ2v) is 6.66. The van der Waals surface area contributed by atoms with Gasteiger partial charge in [0, 0.05) is 6.20 Å². The number of thioether (sulfide) groups is 1. The van der Waals surface area contributed by atoms with E-state index in [1.54, 1.807) is 18.3 Å². The van der Waals surface area contributed by atoms with E-state index in [1.807, 2.05) is 6.07 Å². The number of amides is 1. The number of fused-ring (bicyclic) bond motifs is 1. The second-order valence-electron chi connectivity index (χ2n) is 5.29. The number of benzene rings is 1. The van der Waals surface area contributed by atoms with E-state index in [2.05, 4.69) is 28.5 Å². The summed E-state index contributed by atoms with van der Waals surface area (Å²) >= 11 is 7.42. The minimum atomic E-state index is 0.0217.